The maximum absolute atomic E-state index is 5.57. The van der Waals surface area contributed by atoms with Gasteiger partial charge in [-0.05, 0) is 32.0 Å². The highest BCUT2D eigenvalue weighted by molar-refractivity contribution is 7.09. The van der Waals surface area contributed by atoms with Gasteiger partial charge in [-0.1, -0.05) is 0 Å². The summed E-state index contributed by atoms with van der Waals surface area (Å²) in [6.07, 6.45) is 3.46. The number of pyridine rings is 2. The zero-order chi connectivity index (χ0) is 16.9. The number of hydrogen-bond donors (Lipinski definition) is 1. The molecule has 0 saturated carbocycles. The van der Waals surface area contributed by atoms with Gasteiger partial charge in [0, 0.05) is 23.8 Å². The van der Waals surface area contributed by atoms with Gasteiger partial charge in [-0.2, -0.15) is 9.36 Å². The van der Waals surface area contributed by atoms with Crippen molar-refractivity contribution in [1.29, 1.82) is 0 Å². The molecule has 0 aliphatic carbocycles. The van der Waals surface area contributed by atoms with Crippen molar-refractivity contribution < 1.29 is 9.47 Å². The van der Waals surface area contributed by atoms with E-state index in [0.717, 1.165) is 5.75 Å². The normalized spacial score (nSPS) is 10.7. The van der Waals surface area contributed by atoms with E-state index in [-0.39, 0.29) is 6.10 Å². The van der Waals surface area contributed by atoms with Crippen molar-refractivity contribution in [3.8, 4) is 23.0 Å². The summed E-state index contributed by atoms with van der Waals surface area (Å²) in [6, 6.07) is 7.27. The lowest BCUT2D eigenvalue weighted by atomic mass is 10.3. The van der Waals surface area contributed by atoms with Crippen molar-refractivity contribution in [2.24, 2.45) is 0 Å². The van der Waals surface area contributed by atoms with Crippen LogP contribution in [0.15, 0.2) is 36.7 Å². The molecule has 8 heteroatoms. The average molecular weight is 343 g/mol. The van der Waals surface area contributed by atoms with Gasteiger partial charge in [-0.25, -0.2) is 4.98 Å². The summed E-state index contributed by atoms with van der Waals surface area (Å²) in [5, 5.41) is 3.76. The summed E-state index contributed by atoms with van der Waals surface area (Å²) in [7, 11) is 1.61. The highest BCUT2D eigenvalue weighted by Gasteiger charge is 2.09. The Morgan fingerprint density at radius 1 is 1.12 bits per heavy atom. The minimum atomic E-state index is 0.117. The molecule has 0 fully saturated rings. The molecule has 3 rings (SSSR count). The van der Waals surface area contributed by atoms with Crippen LogP contribution in [-0.2, 0) is 0 Å². The zero-order valence-corrected chi connectivity index (χ0v) is 14.4. The van der Waals surface area contributed by atoms with Crippen molar-refractivity contribution in [3.63, 3.8) is 0 Å². The van der Waals surface area contributed by atoms with Crippen LogP contribution in [0, 0.1) is 0 Å². The van der Waals surface area contributed by atoms with Crippen molar-refractivity contribution in [1.82, 2.24) is 19.3 Å². The number of hydrogen-bond acceptors (Lipinski definition) is 8. The van der Waals surface area contributed by atoms with Gasteiger partial charge in [0.1, 0.15) is 23.0 Å². The molecule has 0 unspecified atom stereocenters. The molecule has 3 aromatic rings. The number of ether oxygens (including phenoxy) is 2. The van der Waals surface area contributed by atoms with E-state index in [4.69, 9.17) is 9.47 Å². The number of methoxy groups -OCH3 is 1. The van der Waals surface area contributed by atoms with E-state index >= 15 is 0 Å². The highest BCUT2D eigenvalue weighted by Crippen LogP contribution is 2.24. The van der Waals surface area contributed by atoms with E-state index in [1.165, 1.54) is 11.5 Å². The van der Waals surface area contributed by atoms with Crippen LogP contribution in [-0.4, -0.2) is 32.5 Å². The maximum atomic E-state index is 5.57. The van der Waals surface area contributed by atoms with E-state index in [9.17, 15) is 0 Å². The molecule has 3 heterocycles. The first-order valence-corrected chi connectivity index (χ1v) is 8.15. The smallest absolute Gasteiger partial charge is 0.208 e. The molecule has 0 radical (unpaired) electrons. The SMILES string of the molecule is COc1ccnc(-c2nsc(Nc3ccc(OC(C)C)cn3)n2)c1. The first-order chi connectivity index (χ1) is 11.6. The van der Waals surface area contributed by atoms with Crippen LogP contribution < -0.4 is 14.8 Å². The average Bonchev–Trinajstić information content (AvgIpc) is 3.05. The van der Waals surface area contributed by atoms with Gasteiger partial charge >= 0.3 is 0 Å². The van der Waals surface area contributed by atoms with Crippen LogP contribution in [0.25, 0.3) is 11.5 Å². The summed E-state index contributed by atoms with van der Waals surface area (Å²) >= 11 is 1.24. The molecule has 7 nitrogen and oxygen atoms in total. The topological polar surface area (TPSA) is 82.1 Å². The number of nitrogens with one attached hydrogen (secondary N) is 1. The second-order valence-electron chi connectivity index (χ2n) is 5.17. The second kappa shape index (κ2) is 7.22. The second-order valence-corrected chi connectivity index (χ2v) is 5.93. The van der Waals surface area contributed by atoms with Crippen LogP contribution in [0.2, 0.25) is 0 Å². The predicted octanol–water partition coefficient (Wildman–Crippen LogP) is 3.53. The number of aromatic nitrogens is 4. The van der Waals surface area contributed by atoms with Gasteiger partial charge in [0.2, 0.25) is 5.13 Å². The summed E-state index contributed by atoms with van der Waals surface area (Å²) in [5.41, 5.74) is 0.660. The fraction of sp³-hybridized carbons (Fsp3) is 0.250. The molecule has 0 amide bonds. The third kappa shape index (κ3) is 3.96. The molecule has 1 N–H and O–H groups in total. The van der Waals surface area contributed by atoms with Crippen LogP contribution >= 0.6 is 11.5 Å². The molecular formula is C16H17N5O2S. The molecule has 0 spiro atoms. The van der Waals surface area contributed by atoms with Crippen LogP contribution in [0.4, 0.5) is 10.9 Å². The van der Waals surface area contributed by atoms with E-state index in [1.54, 1.807) is 31.6 Å². The Balaban J connectivity index is 1.71. The quantitative estimate of drug-likeness (QED) is 0.733. The van der Waals surface area contributed by atoms with Crippen molar-refractivity contribution in [2.45, 2.75) is 20.0 Å². The number of rotatable bonds is 6. The molecule has 0 aromatic carbocycles. The lowest BCUT2D eigenvalue weighted by Crippen LogP contribution is -2.05. The fourth-order valence-corrected chi connectivity index (χ4v) is 2.53. The van der Waals surface area contributed by atoms with Crippen LogP contribution in [0.5, 0.6) is 11.5 Å². The lowest BCUT2D eigenvalue weighted by Gasteiger charge is -2.09. The summed E-state index contributed by atoms with van der Waals surface area (Å²) in [4.78, 5) is 13.0. The Hall–Kier alpha value is -2.74. The molecule has 0 saturated heterocycles. The van der Waals surface area contributed by atoms with Crippen molar-refractivity contribution in [2.75, 3.05) is 12.4 Å². The minimum Gasteiger partial charge on any atom is -0.497 e. The fourth-order valence-electron chi connectivity index (χ4n) is 1.94. The molecule has 24 heavy (non-hydrogen) atoms. The molecule has 0 atom stereocenters. The summed E-state index contributed by atoms with van der Waals surface area (Å²) in [6.45, 7) is 3.95. The Morgan fingerprint density at radius 2 is 2.00 bits per heavy atom. The van der Waals surface area contributed by atoms with E-state index in [1.807, 2.05) is 26.0 Å². The first kappa shape index (κ1) is 16.1. The lowest BCUT2D eigenvalue weighted by molar-refractivity contribution is 0.241. The Bertz CT molecular complexity index is 804. The molecule has 124 valence electrons. The Morgan fingerprint density at radius 3 is 2.71 bits per heavy atom. The largest absolute Gasteiger partial charge is 0.497 e. The molecule has 0 bridgehead atoms. The zero-order valence-electron chi connectivity index (χ0n) is 13.6. The Kier molecular flexibility index (Phi) is 4.85. The molecule has 3 aromatic heterocycles. The summed E-state index contributed by atoms with van der Waals surface area (Å²) < 4.78 is 15.1. The van der Waals surface area contributed by atoms with Gasteiger partial charge in [0.25, 0.3) is 0 Å². The van der Waals surface area contributed by atoms with Crippen LogP contribution in [0.1, 0.15) is 13.8 Å². The van der Waals surface area contributed by atoms with Gasteiger partial charge in [-0.3, -0.25) is 4.98 Å². The third-order valence-electron chi connectivity index (χ3n) is 2.97. The monoisotopic (exact) mass is 343 g/mol. The standard InChI is InChI=1S/C16H17N5O2S/c1-10(2)23-12-4-5-14(18-9-12)19-16-20-15(21-24-16)13-8-11(22-3)6-7-17-13/h4-10H,1-3H3,(H,18,19,20,21). The first-order valence-electron chi connectivity index (χ1n) is 7.38. The highest BCUT2D eigenvalue weighted by atomic mass is 32.1. The number of anilines is 2. The molecule has 0 aliphatic heterocycles. The molecular weight excluding hydrogens is 326 g/mol. The minimum absolute atomic E-state index is 0.117. The van der Waals surface area contributed by atoms with Crippen molar-refractivity contribution in [3.05, 3.63) is 36.7 Å². The van der Waals surface area contributed by atoms with Gasteiger partial charge in [-0.15, -0.1) is 0 Å². The predicted molar refractivity (Wildman–Crippen MR) is 93.0 cm³/mol. The van der Waals surface area contributed by atoms with Gasteiger partial charge in [0.05, 0.1) is 19.4 Å². The van der Waals surface area contributed by atoms with Gasteiger partial charge < -0.3 is 14.8 Å². The van der Waals surface area contributed by atoms with E-state index in [2.05, 4.69) is 24.6 Å². The summed E-state index contributed by atoms with van der Waals surface area (Å²) in [5.74, 6) is 2.66. The van der Waals surface area contributed by atoms with Crippen molar-refractivity contribution >= 4 is 22.5 Å². The van der Waals surface area contributed by atoms with Gasteiger partial charge in [0.15, 0.2) is 5.82 Å². The van der Waals surface area contributed by atoms with E-state index in [0.29, 0.717) is 28.2 Å². The maximum Gasteiger partial charge on any atom is 0.208 e. The third-order valence-corrected chi connectivity index (χ3v) is 3.60. The van der Waals surface area contributed by atoms with Crippen LogP contribution in [0.3, 0.4) is 0 Å². The Labute approximate surface area is 143 Å². The molecule has 0 aliphatic rings. The van der Waals surface area contributed by atoms with E-state index < -0.39 is 0 Å². The number of nitrogens with zero attached hydrogens (tertiary/aromatic N) is 4.